The highest BCUT2D eigenvalue weighted by Gasteiger charge is 2.52. The summed E-state index contributed by atoms with van der Waals surface area (Å²) in [7, 11) is 0. The number of thioether (sulfide) groups is 1. The maximum absolute atomic E-state index is 14.0. The van der Waals surface area contributed by atoms with Gasteiger partial charge in [-0.05, 0) is 34.1 Å². The normalized spacial score (nSPS) is 21.5. The van der Waals surface area contributed by atoms with Gasteiger partial charge in [0.2, 0.25) is 0 Å². The molecule has 1 fully saturated rings. The summed E-state index contributed by atoms with van der Waals surface area (Å²) in [4.78, 5) is 40.7. The van der Waals surface area contributed by atoms with Crippen molar-refractivity contribution in [2.45, 2.75) is 55.5 Å². The van der Waals surface area contributed by atoms with Gasteiger partial charge in [0.1, 0.15) is 36.0 Å². The fraction of sp³-hybridized carbons (Fsp3) is 0.346. The van der Waals surface area contributed by atoms with Crippen molar-refractivity contribution in [3.8, 4) is 17.3 Å². The van der Waals surface area contributed by atoms with Crippen LogP contribution < -0.4 is 0 Å². The molecule has 1 aliphatic heterocycles. The second kappa shape index (κ2) is 13.5. The number of nitrogens with zero attached hydrogens (tertiary/aromatic N) is 5. The number of pyridine rings is 1. The molecule has 3 heterocycles. The summed E-state index contributed by atoms with van der Waals surface area (Å²) in [6.07, 6.45) is -1.06. The minimum atomic E-state index is -1.66. The van der Waals surface area contributed by atoms with Gasteiger partial charge in [0.15, 0.2) is 35.4 Å². The molecule has 0 spiro atoms. The lowest BCUT2D eigenvalue weighted by Crippen LogP contribution is -2.57. The molecule has 4 rings (SSSR count). The molecule has 43 heavy (non-hydrogen) atoms. The minimum Gasteiger partial charge on any atom is -0.463 e. The van der Waals surface area contributed by atoms with Gasteiger partial charge in [-0.3, -0.25) is 14.4 Å². The number of nitriles is 1. The van der Waals surface area contributed by atoms with Crippen LogP contribution in [0.2, 0.25) is 0 Å². The number of carbonyl (C=O) groups is 3. The molecule has 2 aromatic heterocycles. The Balaban J connectivity index is 1.82. The summed E-state index contributed by atoms with van der Waals surface area (Å²) in [5.41, 5.74) is -1.20. The average Bonchev–Trinajstić information content (AvgIpc) is 3.41. The molecule has 5 atom stereocenters. The van der Waals surface area contributed by atoms with Crippen LogP contribution in [-0.4, -0.2) is 68.2 Å². The molecule has 0 amide bonds. The van der Waals surface area contributed by atoms with Crippen LogP contribution in [0, 0.1) is 28.8 Å². The van der Waals surface area contributed by atoms with Crippen molar-refractivity contribution >= 4 is 45.6 Å². The number of carbonyl (C=O) groups excluding carboxylic acids is 3. The van der Waals surface area contributed by atoms with Gasteiger partial charge in [-0.25, -0.2) is 22.8 Å². The maximum Gasteiger partial charge on any atom is 0.303 e. The molecule has 0 bridgehead atoms. The minimum absolute atomic E-state index is 0.0894. The predicted octanol–water partition coefficient (Wildman–Crippen LogP) is 3.88. The van der Waals surface area contributed by atoms with E-state index in [2.05, 4.69) is 31.2 Å². The van der Waals surface area contributed by atoms with Crippen molar-refractivity contribution < 1.29 is 46.5 Å². The SMILES string of the molecule is CC(=O)OC[C@H]1O[C@H](Sc2cnc(C#N)c(Br)c2)[C@H](OC(C)=O)[C@@H](n2cc(-c3cc(F)c(F)c(F)c3)nn2)[C@H]1OC(C)=O. The third kappa shape index (κ3) is 7.50. The molecule has 0 saturated carbocycles. The molecule has 1 aromatic carbocycles. The van der Waals surface area contributed by atoms with E-state index in [1.54, 1.807) is 6.07 Å². The highest BCUT2D eigenvalue weighted by atomic mass is 79.9. The number of halogens is 4. The number of benzene rings is 1. The zero-order valence-electron chi connectivity index (χ0n) is 22.5. The monoisotopic (exact) mass is 683 g/mol. The van der Waals surface area contributed by atoms with Crippen LogP contribution in [0.4, 0.5) is 13.2 Å². The van der Waals surface area contributed by atoms with Crippen LogP contribution in [0.1, 0.15) is 32.5 Å². The van der Waals surface area contributed by atoms with E-state index in [0.29, 0.717) is 9.37 Å². The van der Waals surface area contributed by atoms with Gasteiger partial charge >= 0.3 is 17.9 Å². The van der Waals surface area contributed by atoms with E-state index in [1.165, 1.54) is 19.3 Å². The second-order valence-electron chi connectivity index (χ2n) is 9.05. The molecular formula is C26H21BrF3N5O7S. The first-order valence-electron chi connectivity index (χ1n) is 12.3. The number of rotatable bonds is 8. The Morgan fingerprint density at radius 3 is 2.30 bits per heavy atom. The summed E-state index contributed by atoms with van der Waals surface area (Å²) in [5, 5.41) is 17.2. The van der Waals surface area contributed by atoms with Crippen LogP contribution in [-0.2, 0) is 33.3 Å². The van der Waals surface area contributed by atoms with Gasteiger partial charge in [-0.1, -0.05) is 17.0 Å². The van der Waals surface area contributed by atoms with Crippen molar-refractivity contribution in [2.24, 2.45) is 0 Å². The number of esters is 3. The van der Waals surface area contributed by atoms with E-state index in [1.807, 2.05) is 6.07 Å². The summed E-state index contributed by atoms with van der Waals surface area (Å²) in [5.74, 6) is -6.73. The fourth-order valence-corrected chi connectivity index (χ4v) is 5.94. The molecule has 0 aliphatic carbocycles. The average molecular weight is 684 g/mol. The number of hydrogen-bond acceptors (Lipinski definition) is 12. The van der Waals surface area contributed by atoms with E-state index in [0.717, 1.165) is 42.4 Å². The molecule has 12 nitrogen and oxygen atoms in total. The Hall–Kier alpha value is -4.01. The van der Waals surface area contributed by atoms with Gasteiger partial charge in [-0.2, -0.15) is 5.26 Å². The molecule has 0 N–H and O–H groups in total. The van der Waals surface area contributed by atoms with Crippen LogP contribution in [0.5, 0.6) is 0 Å². The third-order valence-corrected chi connectivity index (χ3v) is 7.65. The van der Waals surface area contributed by atoms with Crippen molar-refractivity contribution in [1.29, 1.82) is 5.26 Å². The van der Waals surface area contributed by atoms with Crippen LogP contribution in [0.25, 0.3) is 11.3 Å². The molecule has 1 aliphatic rings. The number of hydrogen-bond donors (Lipinski definition) is 0. The quantitative estimate of drug-likeness (QED) is 0.192. The van der Waals surface area contributed by atoms with Gasteiger partial charge in [0.05, 0.1) is 10.7 Å². The molecule has 0 radical (unpaired) electrons. The lowest BCUT2D eigenvalue weighted by molar-refractivity contribution is -0.212. The first-order chi connectivity index (χ1) is 20.4. The molecular weight excluding hydrogens is 663 g/mol. The molecule has 17 heteroatoms. The Labute approximate surface area is 254 Å². The van der Waals surface area contributed by atoms with Gasteiger partial charge in [-0.15, -0.1) is 5.10 Å². The molecule has 1 saturated heterocycles. The van der Waals surface area contributed by atoms with Crippen molar-refractivity contribution in [2.75, 3.05) is 6.61 Å². The first-order valence-corrected chi connectivity index (χ1v) is 14.0. The number of aromatic nitrogens is 4. The fourth-order valence-electron chi connectivity index (χ4n) is 4.24. The van der Waals surface area contributed by atoms with Gasteiger partial charge < -0.3 is 18.9 Å². The highest BCUT2D eigenvalue weighted by Crippen LogP contribution is 2.42. The predicted molar refractivity (Wildman–Crippen MR) is 143 cm³/mol. The summed E-state index contributed by atoms with van der Waals surface area (Å²) in [6.45, 7) is 3.04. The van der Waals surface area contributed by atoms with E-state index in [-0.39, 0.29) is 23.6 Å². The zero-order chi connectivity index (χ0) is 31.4. The van der Waals surface area contributed by atoms with Gasteiger partial charge in [0, 0.05) is 37.4 Å². The number of ether oxygens (including phenoxy) is 4. The zero-order valence-corrected chi connectivity index (χ0v) is 24.9. The van der Waals surface area contributed by atoms with E-state index >= 15 is 0 Å². The standard InChI is InChI=1S/C26H21BrF3N5O7S/c1-11(36)39-10-21-24(40-12(2)37)23(35-9-20(33-34-35)14-4-17(28)22(30)18(29)5-14)25(41-13(3)38)26(42-21)43-15-6-16(27)19(7-31)32-8-15/h4-6,8-9,21,23-26H,10H2,1-3H3/t21-,23+,24+,25-,26-/m1/s1. The second-order valence-corrected chi connectivity index (χ2v) is 11.1. The smallest absolute Gasteiger partial charge is 0.303 e. The van der Waals surface area contributed by atoms with Crippen molar-refractivity contribution in [1.82, 2.24) is 20.0 Å². The molecule has 226 valence electrons. The summed E-state index contributed by atoms with van der Waals surface area (Å²) >= 11 is 4.30. The van der Waals surface area contributed by atoms with Crippen LogP contribution >= 0.6 is 27.7 Å². The van der Waals surface area contributed by atoms with E-state index < -0.39 is 65.1 Å². The first kappa shape index (κ1) is 31.9. The highest BCUT2D eigenvalue weighted by molar-refractivity contribution is 9.10. The van der Waals surface area contributed by atoms with Crippen molar-refractivity contribution in [3.63, 3.8) is 0 Å². The van der Waals surface area contributed by atoms with Crippen molar-refractivity contribution in [3.05, 3.63) is 58.2 Å². The Kier molecular flexibility index (Phi) is 10.0. The Bertz CT molecular complexity index is 1580. The van der Waals surface area contributed by atoms with E-state index in [9.17, 15) is 32.8 Å². The summed E-state index contributed by atoms with van der Waals surface area (Å²) in [6, 6.07) is 3.77. The largest absolute Gasteiger partial charge is 0.463 e. The maximum atomic E-state index is 14.0. The summed E-state index contributed by atoms with van der Waals surface area (Å²) < 4.78 is 65.6. The topological polar surface area (TPSA) is 156 Å². The van der Waals surface area contributed by atoms with E-state index in [4.69, 9.17) is 18.9 Å². The lowest BCUT2D eigenvalue weighted by atomic mass is 9.96. The molecule has 3 aromatic rings. The van der Waals surface area contributed by atoms with Crippen LogP contribution in [0.3, 0.4) is 0 Å². The molecule has 0 unspecified atom stereocenters. The van der Waals surface area contributed by atoms with Crippen LogP contribution in [0.15, 0.2) is 40.0 Å². The Morgan fingerprint density at radius 1 is 1.07 bits per heavy atom. The van der Waals surface area contributed by atoms with Gasteiger partial charge in [0.25, 0.3) is 0 Å². The Morgan fingerprint density at radius 2 is 1.72 bits per heavy atom. The third-order valence-electron chi connectivity index (χ3n) is 5.94. The lowest BCUT2D eigenvalue weighted by Gasteiger charge is -2.44.